The Balaban J connectivity index is 2.85. The molecule has 0 aromatic carbocycles. The summed E-state index contributed by atoms with van der Waals surface area (Å²) >= 11 is 0. The fourth-order valence-corrected chi connectivity index (χ4v) is 0.817. The summed E-state index contributed by atoms with van der Waals surface area (Å²) in [6.45, 7) is 5.13. The Labute approximate surface area is 54.7 Å². The first-order valence-electron chi connectivity index (χ1n) is 3.25. The number of nitrogens with zero attached hydrogens (tertiary/aromatic N) is 3. The SMILES string of the molecule is CCc1nncn1CC. The van der Waals surface area contributed by atoms with Gasteiger partial charge < -0.3 is 4.57 Å². The highest BCUT2D eigenvalue weighted by molar-refractivity contribution is 4.83. The molecule has 0 unspecified atom stereocenters. The van der Waals surface area contributed by atoms with Crippen LogP contribution < -0.4 is 0 Å². The molecule has 0 spiro atoms. The first kappa shape index (κ1) is 6.26. The molecule has 3 nitrogen and oxygen atoms in total. The first-order valence-corrected chi connectivity index (χ1v) is 3.25. The van der Waals surface area contributed by atoms with Gasteiger partial charge in [-0.1, -0.05) is 6.92 Å². The van der Waals surface area contributed by atoms with Crippen molar-refractivity contribution < 1.29 is 0 Å². The van der Waals surface area contributed by atoms with Gasteiger partial charge in [-0.2, -0.15) is 0 Å². The Morgan fingerprint density at radius 1 is 1.56 bits per heavy atom. The molecule has 0 fully saturated rings. The van der Waals surface area contributed by atoms with Crippen LogP contribution in [0.3, 0.4) is 0 Å². The predicted octanol–water partition coefficient (Wildman–Crippen LogP) is 0.860. The van der Waals surface area contributed by atoms with E-state index in [2.05, 4.69) is 24.0 Å². The fourth-order valence-electron chi connectivity index (χ4n) is 0.817. The third kappa shape index (κ3) is 1.09. The van der Waals surface area contributed by atoms with Crippen molar-refractivity contribution in [2.75, 3.05) is 0 Å². The summed E-state index contributed by atoms with van der Waals surface area (Å²) in [6.07, 6.45) is 2.73. The molecule has 0 saturated heterocycles. The van der Waals surface area contributed by atoms with Crippen LogP contribution in [0.5, 0.6) is 0 Å². The van der Waals surface area contributed by atoms with Gasteiger partial charge in [-0.25, -0.2) is 0 Å². The molecule has 3 heteroatoms. The lowest BCUT2D eigenvalue weighted by atomic mass is 10.4. The fraction of sp³-hybridized carbons (Fsp3) is 0.667. The van der Waals surface area contributed by atoms with E-state index in [-0.39, 0.29) is 0 Å². The monoisotopic (exact) mass is 125 g/mol. The molecule has 0 atom stereocenters. The zero-order valence-corrected chi connectivity index (χ0v) is 5.83. The third-order valence-electron chi connectivity index (χ3n) is 1.35. The van der Waals surface area contributed by atoms with Crippen LogP contribution in [0.25, 0.3) is 0 Å². The Bertz CT molecular complexity index is 162. The lowest BCUT2D eigenvalue weighted by molar-refractivity contribution is 0.705. The Hall–Kier alpha value is -0.860. The average Bonchev–Trinajstić information content (AvgIpc) is 2.33. The molecule has 9 heavy (non-hydrogen) atoms. The van der Waals surface area contributed by atoms with Crippen molar-refractivity contribution in [1.29, 1.82) is 0 Å². The maximum atomic E-state index is 3.92. The van der Waals surface area contributed by atoms with Gasteiger partial charge in [-0.3, -0.25) is 0 Å². The molecule has 50 valence electrons. The van der Waals surface area contributed by atoms with Crippen molar-refractivity contribution >= 4 is 0 Å². The lowest BCUT2D eigenvalue weighted by Crippen LogP contribution is -1.98. The number of hydrogen-bond acceptors (Lipinski definition) is 2. The minimum atomic E-state index is 0.966. The quantitative estimate of drug-likeness (QED) is 0.587. The second kappa shape index (κ2) is 2.62. The van der Waals surface area contributed by atoms with Crippen molar-refractivity contribution in [2.24, 2.45) is 0 Å². The lowest BCUT2D eigenvalue weighted by Gasteiger charge is -1.96. The third-order valence-corrected chi connectivity index (χ3v) is 1.35. The van der Waals surface area contributed by atoms with Crippen LogP contribution in [-0.4, -0.2) is 14.8 Å². The van der Waals surface area contributed by atoms with E-state index in [0.717, 1.165) is 18.8 Å². The maximum absolute atomic E-state index is 3.92. The molecule has 0 N–H and O–H groups in total. The summed E-state index contributed by atoms with van der Waals surface area (Å²) in [5.41, 5.74) is 0. The summed E-state index contributed by atoms with van der Waals surface area (Å²) in [7, 11) is 0. The minimum Gasteiger partial charge on any atom is -0.318 e. The standard InChI is InChI=1S/C6H11N3/c1-3-6-8-7-5-9(6)4-2/h5H,3-4H2,1-2H3. The van der Waals surface area contributed by atoms with Crippen molar-refractivity contribution in [3.05, 3.63) is 12.2 Å². The summed E-state index contributed by atoms with van der Waals surface area (Å²) in [5.74, 6) is 1.07. The van der Waals surface area contributed by atoms with E-state index in [1.165, 1.54) is 0 Å². The van der Waals surface area contributed by atoms with Gasteiger partial charge >= 0.3 is 0 Å². The minimum absolute atomic E-state index is 0.966. The molecule has 0 radical (unpaired) electrons. The van der Waals surface area contributed by atoms with Gasteiger partial charge in [0.05, 0.1) is 0 Å². The van der Waals surface area contributed by atoms with E-state index in [0.29, 0.717) is 0 Å². The van der Waals surface area contributed by atoms with E-state index in [4.69, 9.17) is 0 Å². The van der Waals surface area contributed by atoms with Gasteiger partial charge in [-0.05, 0) is 6.92 Å². The van der Waals surface area contributed by atoms with Crippen LogP contribution in [0.15, 0.2) is 6.33 Å². The van der Waals surface area contributed by atoms with Gasteiger partial charge in [0.1, 0.15) is 12.2 Å². The second-order valence-corrected chi connectivity index (χ2v) is 1.89. The molecule has 1 rings (SSSR count). The molecular weight excluding hydrogens is 114 g/mol. The summed E-state index contributed by atoms with van der Waals surface area (Å²) in [6, 6.07) is 0. The molecule has 0 amide bonds. The highest BCUT2D eigenvalue weighted by Gasteiger charge is 1.95. The molecule has 1 aromatic rings. The number of hydrogen-bond donors (Lipinski definition) is 0. The van der Waals surface area contributed by atoms with Gasteiger partial charge in [0.25, 0.3) is 0 Å². The molecule has 0 bridgehead atoms. The average molecular weight is 125 g/mol. The Morgan fingerprint density at radius 2 is 2.33 bits per heavy atom. The van der Waals surface area contributed by atoms with Crippen molar-refractivity contribution in [1.82, 2.24) is 14.8 Å². The van der Waals surface area contributed by atoms with E-state index in [9.17, 15) is 0 Å². The van der Waals surface area contributed by atoms with Gasteiger partial charge in [-0.15, -0.1) is 10.2 Å². The molecule has 1 aromatic heterocycles. The second-order valence-electron chi connectivity index (χ2n) is 1.89. The Kier molecular flexibility index (Phi) is 1.82. The van der Waals surface area contributed by atoms with E-state index in [1.807, 2.05) is 4.57 Å². The molecule has 0 aliphatic heterocycles. The smallest absolute Gasteiger partial charge is 0.132 e. The zero-order valence-electron chi connectivity index (χ0n) is 5.83. The molecule has 0 saturated carbocycles. The van der Waals surface area contributed by atoms with E-state index in [1.54, 1.807) is 6.33 Å². The highest BCUT2D eigenvalue weighted by atomic mass is 15.3. The van der Waals surface area contributed by atoms with Gasteiger partial charge in [0, 0.05) is 13.0 Å². The van der Waals surface area contributed by atoms with Crippen LogP contribution >= 0.6 is 0 Å². The number of aryl methyl sites for hydroxylation is 2. The van der Waals surface area contributed by atoms with Crippen LogP contribution in [-0.2, 0) is 13.0 Å². The van der Waals surface area contributed by atoms with Gasteiger partial charge in [0.2, 0.25) is 0 Å². The largest absolute Gasteiger partial charge is 0.318 e. The predicted molar refractivity (Wildman–Crippen MR) is 35.1 cm³/mol. The topological polar surface area (TPSA) is 30.7 Å². The van der Waals surface area contributed by atoms with E-state index < -0.39 is 0 Å². The van der Waals surface area contributed by atoms with Gasteiger partial charge in [0.15, 0.2) is 0 Å². The molecule has 1 heterocycles. The first-order chi connectivity index (χ1) is 4.38. The Morgan fingerprint density at radius 3 is 2.78 bits per heavy atom. The highest BCUT2D eigenvalue weighted by Crippen LogP contribution is 1.93. The summed E-state index contributed by atoms with van der Waals surface area (Å²) < 4.78 is 2.04. The van der Waals surface area contributed by atoms with Crippen LogP contribution in [0.1, 0.15) is 19.7 Å². The van der Waals surface area contributed by atoms with Crippen molar-refractivity contribution in [2.45, 2.75) is 26.8 Å². The molecule has 0 aliphatic carbocycles. The molecule has 0 aliphatic rings. The number of aromatic nitrogens is 3. The summed E-state index contributed by atoms with van der Waals surface area (Å²) in [5, 5.41) is 7.70. The maximum Gasteiger partial charge on any atom is 0.132 e. The van der Waals surface area contributed by atoms with Crippen molar-refractivity contribution in [3.63, 3.8) is 0 Å². The normalized spacial score (nSPS) is 10.0. The van der Waals surface area contributed by atoms with Crippen LogP contribution in [0.2, 0.25) is 0 Å². The molecular formula is C6H11N3. The van der Waals surface area contributed by atoms with E-state index >= 15 is 0 Å². The van der Waals surface area contributed by atoms with Crippen LogP contribution in [0, 0.1) is 0 Å². The number of rotatable bonds is 2. The summed E-state index contributed by atoms with van der Waals surface area (Å²) in [4.78, 5) is 0. The van der Waals surface area contributed by atoms with Crippen LogP contribution in [0.4, 0.5) is 0 Å². The zero-order chi connectivity index (χ0) is 6.69. The van der Waals surface area contributed by atoms with Crippen molar-refractivity contribution in [3.8, 4) is 0 Å².